The van der Waals surface area contributed by atoms with Crippen LogP contribution in [0.1, 0.15) is 5.82 Å². The number of imidazole rings is 1. The van der Waals surface area contributed by atoms with E-state index in [4.69, 9.17) is 5.73 Å². The summed E-state index contributed by atoms with van der Waals surface area (Å²) in [5.41, 5.74) is 6.06. The maximum Gasteiger partial charge on any atom is 0.213 e. The van der Waals surface area contributed by atoms with Gasteiger partial charge >= 0.3 is 0 Å². The van der Waals surface area contributed by atoms with E-state index in [1.165, 1.54) is 17.0 Å². The number of nitrogens with zero attached hydrogens (tertiary/aromatic N) is 4. The third-order valence-corrected chi connectivity index (χ3v) is 2.77. The van der Waals surface area contributed by atoms with Crippen LogP contribution in [0, 0.1) is 11.6 Å². The van der Waals surface area contributed by atoms with Crippen molar-refractivity contribution >= 4 is 17.0 Å². The van der Waals surface area contributed by atoms with Crippen LogP contribution in [0.15, 0.2) is 23.0 Å². The summed E-state index contributed by atoms with van der Waals surface area (Å²) in [6.45, 7) is 0.352. The first-order valence-corrected chi connectivity index (χ1v) is 5.51. The molecule has 19 heavy (non-hydrogen) atoms. The zero-order chi connectivity index (χ0) is 13.4. The van der Waals surface area contributed by atoms with Gasteiger partial charge in [-0.2, -0.15) is 4.98 Å². The Balaban J connectivity index is 2.00. The summed E-state index contributed by atoms with van der Waals surface area (Å²) in [6, 6.07) is 1.97. The van der Waals surface area contributed by atoms with Crippen molar-refractivity contribution in [2.45, 2.75) is 13.0 Å². The molecular formula is C11H9F2N5O. The lowest BCUT2D eigenvalue weighted by molar-refractivity contribution is 0.408. The lowest BCUT2D eigenvalue weighted by Gasteiger charge is -2.04. The summed E-state index contributed by atoms with van der Waals surface area (Å²) in [7, 11) is 0. The van der Waals surface area contributed by atoms with Crippen molar-refractivity contribution in [3.8, 4) is 0 Å². The average Bonchev–Trinajstić information content (AvgIpc) is 2.95. The summed E-state index contributed by atoms with van der Waals surface area (Å²) >= 11 is 0. The SMILES string of the molecule is Nc1nc2c(F)cc(F)cc2n1CCc1ncon1. The summed E-state index contributed by atoms with van der Waals surface area (Å²) in [6.07, 6.45) is 1.63. The van der Waals surface area contributed by atoms with E-state index in [1.807, 2.05) is 0 Å². The fourth-order valence-electron chi connectivity index (χ4n) is 1.92. The van der Waals surface area contributed by atoms with Gasteiger partial charge in [-0.15, -0.1) is 0 Å². The molecule has 3 rings (SSSR count). The van der Waals surface area contributed by atoms with Crippen LogP contribution in [0.2, 0.25) is 0 Å². The predicted molar refractivity (Wildman–Crippen MR) is 62.1 cm³/mol. The number of rotatable bonds is 3. The number of fused-ring (bicyclic) bond motifs is 1. The summed E-state index contributed by atoms with van der Waals surface area (Å²) in [5.74, 6) is -0.813. The van der Waals surface area contributed by atoms with Crippen LogP contribution < -0.4 is 5.73 Å². The Morgan fingerprint density at radius 2 is 2.16 bits per heavy atom. The monoisotopic (exact) mass is 265 g/mol. The van der Waals surface area contributed by atoms with Gasteiger partial charge in [-0.3, -0.25) is 0 Å². The van der Waals surface area contributed by atoms with Crippen LogP contribution in [0.25, 0.3) is 11.0 Å². The smallest absolute Gasteiger partial charge is 0.213 e. The number of nitrogens with two attached hydrogens (primary N) is 1. The molecule has 0 amide bonds. The van der Waals surface area contributed by atoms with Gasteiger partial charge in [0, 0.05) is 25.1 Å². The van der Waals surface area contributed by atoms with Crippen LogP contribution in [0.5, 0.6) is 0 Å². The standard InChI is InChI=1S/C11H9F2N5O/c12-6-3-7(13)10-8(4-6)18(11(14)16-10)2-1-9-15-5-19-17-9/h3-5H,1-2H2,(H2,14,16). The molecule has 98 valence electrons. The average molecular weight is 265 g/mol. The van der Waals surface area contributed by atoms with Crippen LogP contribution in [0.3, 0.4) is 0 Å². The van der Waals surface area contributed by atoms with Gasteiger partial charge < -0.3 is 14.8 Å². The highest BCUT2D eigenvalue weighted by atomic mass is 19.1. The minimum absolute atomic E-state index is 0.0482. The molecule has 0 spiro atoms. The highest BCUT2D eigenvalue weighted by Crippen LogP contribution is 2.22. The number of anilines is 1. The first-order chi connectivity index (χ1) is 9.15. The molecule has 1 aromatic carbocycles. The van der Waals surface area contributed by atoms with Crippen molar-refractivity contribution in [3.63, 3.8) is 0 Å². The normalized spacial score (nSPS) is 11.3. The molecule has 2 N–H and O–H groups in total. The number of aromatic nitrogens is 4. The molecule has 8 heteroatoms. The number of hydrogen-bond acceptors (Lipinski definition) is 5. The van der Waals surface area contributed by atoms with Crippen LogP contribution in [-0.4, -0.2) is 19.7 Å². The number of nitrogen functional groups attached to an aromatic ring is 1. The van der Waals surface area contributed by atoms with Gasteiger partial charge in [-0.1, -0.05) is 5.16 Å². The van der Waals surface area contributed by atoms with E-state index >= 15 is 0 Å². The molecule has 0 aliphatic rings. The topological polar surface area (TPSA) is 82.8 Å². The van der Waals surface area contributed by atoms with Crippen molar-refractivity contribution in [1.29, 1.82) is 0 Å². The number of aryl methyl sites for hydroxylation is 2. The molecule has 0 saturated heterocycles. The van der Waals surface area contributed by atoms with Gasteiger partial charge in [0.2, 0.25) is 12.3 Å². The molecule has 3 aromatic rings. The van der Waals surface area contributed by atoms with E-state index < -0.39 is 11.6 Å². The first-order valence-electron chi connectivity index (χ1n) is 5.51. The molecular weight excluding hydrogens is 256 g/mol. The van der Waals surface area contributed by atoms with Crippen molar-refractivity contribution in [2.24, 2.45) is 0 Å². The van der Waals surface area contributed by atoms with E-state index in [0.717, 1.165) is 6.07 Å². The maximum atomic E-state index is 13.5. The third kappa shape index (κ3) is 2.01. The van der Waals surface area contributed by atoms with Crippen molar-refractivity contribution in [2.75, 3.05) is 5.73 Å². The van der Waals surface area contributed by atoms with Crippen molar-refractivity contribution in [1.82, 2.24) is 19.7 Å². The molecule has 0 aliphatic heterocycles. The maximum absolute atomic E-state index is 13.5. The molecule has 2 aromatic heterocycles. The van der Waals surface area contributed by atoms with Crippen LogP contribution >= 0.6 is 0 Å². The number of benzene rings is 1. The van der Waals surface area contributed by atoms with E-state index in [2.05, 4.69) is 19.6 Å². The quantitative estimate of drug-likeness (QED) is 0.776. The fourth-order valence-corrected chi connectivity index (χ4v) is 1.92. The summed E-state index contributed by atoms with van der Waals surface area (Å²) < 4.78 is 32.9. The van der Waals surface area contributed by atoms with Crippen LogP contribution in [-0.2, 0) is 13.0 Å². The Morgan fingerprint density at radius 1 is 1.32 bits per heavy atom. The zero-order valence-electron chi connectivity index (χ0n) is 9.68. The Labute approximate surface area is 105 Å². The zero-order valence-corrected chi connectivity index (χ0v) is 9.68. The molecule has 2 heterocycles. The Hall–Kier alpha value is -2.51. The lowest BCUT2D eigenvalue weighted by Crippen LogP contribution is -2.06. The van der Waals surface area contributed by atoms with E-state index in [1.54, 1.807) is 0 Å². The van der Waals surface area contributed by atoms with Gasteiger partial charge in [0.1, 0.15) is 11.3 Å². The van der Waals surface area contributed by atoms with Gasteiger partial charge in [0.05, 0.1) is 5.52 Å². The lowest BCUT2D eigenvalue weighted by atomic mass is 10.3. The fraction of sp³-hybridized carbons (Fsp3) is 0.182. The Bertz CT molecular complexity index is 722. The van der Waals surface area contributed by atoms with Gasteiger partial charge in [-0.25, -0.2) is 13.8 Å². The molecule has 0 radical (unpaired) electrons. The Kier molecular flexibility index (Phi) is 2.62. The second-order valence-electron chi connectivity index (χ2n) is 3.97. The molecule has 0 saturated carbocycles. The summed E-state index contributed by atoms with van der Waals surface area (Å²) in [4.78, 5) is 7.75. The third-order valence-electron chi connectivity index (χ3n) is 2.77. The van der Waals surface area contributed by atoms with Gasteiger partial charge in [0.15, 0.2) is 11.6 Å². The number of halogens is 2. The molecule has 6 nitrogen and oxygen atoms in total. The summed E-state index contributed by atoms with van der Waals surface area (Å²) in [5, 5.41) is 3.65. The Morgan fingerprint density at radius 3 is 2.89 bits per heavy atom. The second kappa shape index (κ2) is 4.30. The van der Waals surface area contributed by atoms with Crippen molar-refractivity contribution < 1.29 is 13.3 Å². The molecule has 0 bridgehead atoms. The second-order valence-corrected chi connectivity index (χ2v) is 3.97. The number of hydrogen-bond donors (Lipinski definition) is 1. The van der Waals surface area contributed by atoms with E-state index in [-0.39, 0.29) is 11.5 Å². The highest BCUT2D eigenvalue weighted by Gasteiger charge is 2.14. The van der Waals surface area contributed by atoms with Crippen molar-refractivity contribution in [3.05, 3.63) is 36.0 Å². The van der Waals surface area contributed by atoms with Crippen LogP contribution in [0.4, 0.5) is 14.7 Å². The minimum Gasteiger partial charge on any atom is -0.369 e. The molecule has 0 atom stereocenters. The molecule has 0 aliphatic carbocycles. The largest absolute Gasteiger partial charge is 0.369 e. The van der Waals surface area contributed by atoms with Gasteiger partial charge in [0.25, 0.3) is 0 Å². The van der Waals surface area contributed by atoms with E-state index in [9.17, 15) is 8.78 Å². The van der Waals surface area contributed by atoms with E-state index in [0.29, 0.717) is 24.3 Å². The minimum atomic E-state index is -0.736. The molecule has 0 fully saturated rings. The van der Waals surface area contributed by atoms with Gasteiger partial charge in [-0.05, 0) is 0 Å². The predicted octanol–water partition coefficient (Wildman–Crippen LogP) is 1.52. The first kappa shape index (κ1) is 11.6. The molecule has 0 unspecified atom stereocenters. The highest BCUT2D eigenvalue weighted by molar-refractivity contribution is 5.79.